The predicted molar refractivity (Wildman–Crippen MR) is 99.7 cm³/mol. The van der Waals surface area contributed by atoms with Crippen molar-refractivity contribution in [3.05, 3.63) is 35.9 Å². The van der Waals surface area contributed by atoms with Gasteiger partial charge in [-0.15, -0.1) is 10.2 Å². The minimum Gasteiger partial charge on any atom is -0.493 e. The molecule has 0 radical (unpaired) electrons. The van der Waals surface area contributed by atoms with E-state index in [4.69, 9.17) is 9.47 Å². The summed E-state index contributed by atoms with van der Waals surface area (Å²) in [7, 11) is 1.63. The molecule has 7 nitrogen and oxygen atoms in total. The third-order valence-corrected chi connectivity index (χ3v) is 5.58. The molecule has 7 heteroatoms. The second kappa shape index (κ2) is 7.98. The predicted octanol–water partition coefficient (Wildman–Crippen LogP) is 2.66. The second-order valence-corrected chi connectivity index (χ2v) is 7.32. The molecule has 1 atom stereocenters. The zero-order valence-electron chi connectivity index (χ0n) is 15.7. The van der Waals surface area contributed by atoms with E-state index in [1.54, 1.807) is 13.4 Å². The summed E-state index contributed by atoms with van der Waals surface area (Å²) in [5.41, 5.74) is 1.01. The van der Waals surface area contributed by atoms with E-state index in [9.17, 15) is 4.79 Å². The van der Waals surface area contributed by atoms with E-state index in [1.807, 2.05) is 18.2 Å². The number of nitrogens with zero attached hydrogens (tertiary/aromatic N) is 3. The van der Waals surface area contributed by atoms with Gasteiger partial charge in [0.1, 0.15) is 12.9 Å². The van der Waals surface area contributed by atoms with Gasteiger partial charge in [0.2, 0.25) is 5.91 Å². The quantitative estimate of drug-likeness (QED) is 0.875. The Kier molecular flexibility index (Phi) is 5.27. The van der Waals surface area contributed by atoms with Gasteiger partial charge in [0.15, 0.2) is 17.3 Å². The molecule has 2 aromatic rings. The van der Waals surface area contributed by atoms with Crippen molar-refractivity contribution in [1.29, 1.82) is 0 Å². The minimum atomic E-state index is -0.212. The SMILES string of the molecule is COc1cccc2c1OCC(C(=O)NCc1nncn1C1CCCCC1)C2. The number of hydrogen-bond donors (Lipinski definition) is 1. The number of nitrogens with one attached hydrogen (secondary N) is 1. The number of hydrogen-bond acceptors (Lipinski definition) is 5. The Morgan fingerprint density at radius 1 is 1.33 bits per heavy atom. The fourth-order valence-electron chi connectivity index (χ4n) is 4.09. The molecular weight excluding hydrogens is 344 g/mol. The zero-order valence-corrected chi connectivity index (χ0v) is 15.7. The van der Waals surface area contributed by atoms with Crippen molar-refractivity contribution in [2.45, 2.75) is 51.1 Å². The van der Waals surface area contributed by atoms with E-state index >= 15 is 0 Å². The fraction of sp³-hybridized carbons (Fsp3) is 0.550. The van der Waals surface area contributed by atoms with Gasteiger partial charge in [0, 0.05) is 6.04 Å². The third-order valence-electron chi connectivity index (χ3n) is 5.58. The first-order valence-corrected chi connectivity index (χ1v) is 9.71. The summed E-state index contributed by atoms with van der Waals surface area (Å²) in [6, 6.07) is 6.24. The number of methoxy groups -OCH3 is 1. The van der Waals surface area contributed by atoms with Gasteiger partial charge in [-0.25, -0.2) is 0 Å². The molecule has 4 rings (SSSR count). The van der Waals surface area contributed by atoms with Crippen molar-refractivity contribution >= 4 is 5.91 Å². The number of para-hydroxylation sites is 1. The molecule has 1 saturated carbocycles. The lowest BCUT2D eigenvalue weighted by Gasteiger charge is -2.26. The molecule has 1 aliphatic heterocycles. The first-order valence-electron chi connectivity index (χ1n) is 9.71. The van der Waals surface area contributed by atoms with Crippen molar-refractivity contribution in [2.75, 3.05) is 13.7 Å². The van der Waals surface area contributed by atoms with Crippen LogP contribution in [0, 0.1) is 5.92 Å². The number of carbonyl (C=O) groups is 1. The Balaban J connectivity index is 1.37. The highest BCUT2D eigenvalue weighted by Gasteiger charge is 2.28. The lowest BCUT2D eigenvalue weighted by molar-refractivity contribution is -0.126. The standard InChI is InChI=1S/C20H26N4O3/c1-26-17-9-5-6-14-10-15(12-27-19(14)17)20(25)21-11-18-23-22-13-24(18)16-7-3-2-4-8-16/h5-6,9,13,15-16H,2-4,7-8,10-12H2,1H3,(H,21,25). The summed E-state index contributed by atoms with van der Waals surface area (Å²) in [5, 5.41) is 11.3. The number of carbonyl (C=O) groups excluding carboxylic acids is 1. The molecule has 1 fully saturated rings. The number of amides is 1. The summed E-state index contributed by atoms with van der Waals surface area (Å²) in [5.74, 6) is 2.07. The summed E-state index contributed by atoms with van der Waals surface area (Å²) in [4.78, 5) is 12.7. The Morgan fingerprint density at radius 3 is 3.00 bits per heavy atom. The Bertz CT molecular complexity index is 798. The number of aromatic nitrogens is 3. The van der Waals surface area contributed by atoms with Crippen molar-refractivity contribution in [1.82, 2.24) is 20.1 Å². The molecule has 2 aliphatic rings. The van der Waals surface area contributed by atoms with Crippen LogP contribution in [-0.2, 0) is 17.8 Å². The van der Waals surface area contributed by atoms with Crippen LogP contribution < -0.4 is 14.8 Å². The van der Waals surface area contributed by atoms with Crippen LogP contribution in [0.25, 0.3) is 0 Å². The summed E-state index contributed by atoms with van der Waals surface area (Å²) < 4.78 is 13.3. The Hall–Kier alpha value is -2.57. The van der Waals surface area contributed by atoms with Crippen molar-refractivity contribution < 1.29 is 14.3 Å². The topological polar surface area (TPSA) is 78.3 Å². The van der Waals surface area contributed by atoms with Gasteiger partial charge in [-0.05, 0) is 30.9 Å². The molecule has 0 spiro atoms. The highest BCUT2D eigenvalue weighted by atomic mass is 16.5. The van der Waals surface area contributed by atoms with Crippen LogP contribution in [0.2, 0.25) is 0 Å². The Labute approximate surface area is 159 Å². The van der Waals surface area contributed by atoms with Gasteiger partial charge in [0.05, 0.1) is 19.6 Å². The first kappa shape index (κ1) is 17.8. The van der Waals surface area contributed by atoms with Crippen molar-refractivity contribution in [3.63, 3.8) is 0 Å². The zero-order chi connectivity index (χ0) is 18.6. The molecule has 27 heavy (non-hydrogen) atoms. The molecule has 0 bridgehead atoms. The van der Waals surface area contributed by atoms with E-state index in [0.29, 0.717) is 31.4 Å². The summed E-state index contributed by atoms with van der Waals surface area (Å²) in [6.45, 7) is 0.755. The second-order valence-electron chi connectivity index (χ2n) is 7.32. The van der Waals surface area contributed by atoms with E-state index in [-0.39, 0.29) is 11.8 Å². The van der Waals surface area contributed by atoms with Crippen molar-refractivity contribution in [2.24, 2.45) is 5.92 Å². The molecule has 0 saturated heterocycles. The van der Waals surface area contributed by atoms with E-state index < -0.39 is 0 Å². The van der Waals surface area contributed by atoms with Crippen LogP contribution in [0.15, 0.2) is 24.5 Å². The molecule has 1 aliphatic carbocycles. The minimum absolute atomic E-state index is 0.0123. The van der Waals surface area contributed by atoms with Crippen LogP contribution in [0.1, 0.15) is 49.5 Å². The lowest BCUT2D eigenvalue weighted by Crippen LogP contribution is -2.37. The molecule has 144 valence electrons. The smallest absolute Gasteiger partial charge is 0.227 e. The van der Waals surface area contributed by atoms with E-state index in [2.05, 4.69) is 20.1 Å². The number of rotatable bonds is 5. The number of ether oxygens (including phenoxy) is 2. The van der Waals surface area contributed by atoms with Gasteiger partial charge in [-0.3, -0.25) is 4.79 Å². The Morgan fingerprint density at radius 2 is 2.19 bits per heavy atom. The molecule has 1 amide bonds. The van der Waals surface area contributed by atoms with Crippen LogP contribution >= 0.6 is 0 Å². The summed E-state index contributed by atoms with van der Waals surface area (Å²) >= 11 is 0. The number of benzene rings is 1. The van der Waals surface area contributed by atoms with Crippen molar-refractivity contribution in [3.8, 4) is 11.5 Å². The molecule has 2 heterocycles. The van der Waals surface area contributed by atoms with Crippen LogP contribution in [-0.4, -0.2) is 34.4 Å². The highest BCUT2D eigenvalue weighted by Crippen LogP contribution is 2.36. The third kappa shape index (κ3) is 3.77. The average Bonchev–Trinajstić information content (AvgIpc) is 3.20. The number of fused-ring (bicyclic) bond motifs is 1. The molecule has 1 unspecified atom stereocenters. The maximum absolute atomic E-state index is 12.7. The van der Waals surface area contributed by atoms with E-state index in [1.165, 1.54) is 19.3 Å². The van der Waals surface area contributed by atoms with Gasteiger partial charge < -0.3 is 19.4 Å². The molecule has 1 N–H and O–H groups in total. The molecular formula is C20H26N4O3. The maximum atomic E-state index is 12.7. The summed E-state index contributed by atoms with van der Waals surface area (Å²) in [6.07, 6.45) is 8.56. The first-order chi connectivity index (χ1) is 13.3. The molecule has 1 aromatic carbocycles. The molecule has 1 aromatic heterocycles. The average molecular weight is 370 g/mol. The lowest BCUT2D eigenvalue weighted by atomic mass is 9.95. The largest absolute Gasteiger partial charge is 0.493 e. The van der Waals surface area contributed by atoms with Gasteiger partial charge in [-0.1, -0.05) is 31.4 Å². The van der Waals surface area contributed by atoms with Crippen LogP contribution in [0.5, 0.6) is 11.5 Å². The van der Waals surface area contributed by atoms with Gasteiger partial charge in [-0.2, -0.15) is 0 Å². The van der Waals surface area contributed by atoms with E-state index in [0.717, 1.165) is 30.0 Å². The normalized spacial score (nSPS) is 19.8. The maximum Gasteiger partial charge on any atom is 0.227 e. The van der Waals surface area contributed by atoms with Crippen LogP contribution in [0.3, 0.4) is 0 Å². The highest BCUT2D eigenvalue weighted by molar-refractivity contribution is 5.79. The van der Waals surface area contributed by atoms with Gasteiger partial charge in [0.25, 0.3) is 0 Å². The fourth-order valence-corrected chi connectivity index (χ4v) is 4.09. The van der Waals surface area contributed by atoms with Crippen LogP contribution in [0.4, 0.5) is 0 Å². The van der Waals surface area contributed by atoms with Gasteiger partial charge >= 0.3 is 0 Å². The monoisotopic (exact) mass is 370 g/mol.